The molecule has 0 radical (unpaired) electrons. The van der Waals surface area contributed by atoms with E-state index in [4.69, 9.17) is 0 Å². The van der Waals surface area contributed by atoms with E-state index in [-0.39, 0.29) is 20.1 Å². The molecule has 0 heterocycles. The quantitative estimate of drug-likeness (QED) is 0.546. The number of nitrogens with zero attached hydrogens (tertiary/aromatic N) is 1. The van der Waals surface area contributed by atoms with Gasteiger partial charge in [0.1, 0.15) is 6.04 Å². The standard InChI is InChI=1S/C25H27N3O4S.2H2/c1-18-10-9-14-21(16-18)28(3)24(29)22(17-20-12-5-4-6-13-20)26-25(30)27-33(31,32)23-15-8-7-11-19(23)2;;/h4-16,22H,17H2,1-3H3,(H2,26,27,30);2*1H/t22-;;/m0../s1. The van der Waals surface area contributed by atoms with Crippen LogP contribution in [0.3, 0.4) is 0 Å². The summed E-state index contributed by atoms with van der Waals surface area (Å²) >= 11 is 0. The molecule has 0 bridgehead atoms. The van der Waals surface area contributed by atoms with Crippen LogP contribution in [0, 0.1) is 13.8 Å². The first kappa shape index (κ1) is 24.0. The SMILES string of the molecule is Cc1cccc(N(C)C(=O)[C@H](Cc2ccccc2)NC(=O)NS(=O)(=O)c2ccccc2C)c1.[HH].[HH]. The van der Waals surface area contributed by atoms with Crippen LogP contribution >= 0.6 is 0 Å². The van der Waals surface area contributed by atoms with Crippen molar-refractivity contribution in [1.29, 1.82) is 0 Å². The molecule has 3 amide bonds. The van der Waals surface area contributed by atoms with Crippen LogP contribution in [0.5, 0.6) is 0 Å². The number of carbonyl (C=O) groups is 2. The van der Waals surface area contributed by atoms with Crippen molar-refractivity contribution in [2.24, 2.45) is 0 Å². The Labute approximate surface area is 197 Å². The molecule has 0 aliphatic heterocycles. The maximum absolute atomic E-state index is 13.3. The number of benzene rings is 3. The zero-order chi connectivity index (χ0) is 24.0. The lowest BCUT2D eigenvalue weighted by Crippen LogP contribution is -2.52. The molecule has 7 nitrogen and oxygen atoms in total. The third-order valence-corrected chi connectivity index (χ3v) is 6.71. The van der Waals surface area contributed by atoms with E-state index in [0.29, 0.717) is 11.3 Å². The van der Waals surface area contributed by atoms with Crippen LogP contribution in [0.25, 0.3) is 0 Å². The van der Waals surface area contributed by atoms with Gasteiger partial charge in [-0.25, -0.2) is 17.9 Å². The maximum atomic E-state index is 13.3. The van der Waals surface area contributed by atoms with E-state index in [9.17, 15) is 18.0 Å². The van der Waals surface area contributed by atoms with Crippen molar-refractivity contribution < 1.29 is 20.9 Å². The summed E-state index contributed by atoms with van der Waals surface area (Å²) in [5.41, 5.74) is 3.00. The highest BCUT2D eigenvalue weighted by Gasteiger charge is 2.27. The predicted molar refractivity (Wildman–Crippen MR) is 133 cm³/mol. The Balaban J connectivity index is 0.00000306. The highest BCUT2D eigenvalue weighted by atomic mass is 32.2. The fourth-order valence-electron chi connectivity index (χ4n) is 3.47. The van der Waals surface area contributed by atoms with Crippen molar-refractivity contribution in [2.45, 2.75) is 31.2 Å². The maximum Gasteiger partial charge on any atom is 0.329 e. The average Bonchev–Trinajstić information content (AvgIpc) is 2.78. The Morgan fingerprint density at radius 1 is 0.939 bits per heavy atom. The Kier molecular flexibility index (Phi) is 7.50. The summed E-state index contributed by atoms with van der Waals surface area (Å²) in [6.07, 6.45) is 0.202. The lowest BCUT2D eigenvalue weighted by Gasteiger charge is -2.25. The number of sulfonamides is 1. The first-order chi connectivity index (χ1) is 15.7. The molecule has 0 fully saturated rings. The van der Waals surface area contributed by atoms with Gasteiger partial charge in [0.15, 0.2) is 0 Å². The molecule has 0 aliphatic rings. The van der Waals surface area contributed by atoms with E-state index in [1.807, 2.05) is 60.2 Å². The van der Waals surface area contributed by atoms with E-state index in [0.717, 1.165) is 11.1 Å². The van der Waals surface area contributed by atoms with Gasteiger partial charge in [-0.15, -0.1) is 0 Å². The van der Waals surface area contributed by atoms with Gasteiger partial charge in [-0.05, 0) is 48.7 Å². The average molecular weight is 470 g/mol. The topological polar surface area (TPSA) is 95.6 Å². The summed E-state index contributed by atoms with van der Waals surface area (Å²) in [5, 5.41) is 2.56. The van der Waals surface area contributed by atoms with Crippen LogP contribution < -0.4 is 14.9 Å². The highest BCUT2D eigenvalue weighted by Crippen LogP contribution is 2.17. The number of anilines is 1. The highest BCUT2D eigenvalue weighted by molar-refractivity contribution is 7.90. The summed E-state index contributed by atoms with van der Waals surface area (Å²) in [4.78, 5) is 27.5. The smallest absolute Gasteiger partial charge is 0.325 e. The summed E-state index contributed by atoms with van der Waals surface area (Å²) in [6.45, 7) is 3.57. The molecule has 0 aliphatic carbocycles. The molecular weight excluding hydrogens is 438 g/mol. The van der Waals surface area contributed by atoms with Crippen LogP contribution in [0.4, 0.5) is 10.5 Å². The van der Waals surface area contributed by atoms with Crippen molar-refractivity contribution >= 4 is 27.6 Å². The van der Waals surface area contributed by atoms with Crippen LogP contribution in [0.1, 0.15) is 19.5 Å². The van der Waals surface area contributed by atoms with E-state index < -0.39 is 22.1 Å². The lowest BCUT2D eigenvalue weighted by molar-refractivity contribution is -0.120. The van der Waals surface area contributed by atoms with Crippen molar-refractivity contribution in [3.63, 3.8) is 0 Å². The zero-order valence-electron chi connectivity index (χ0n) is 18.8. The van der Waals surface area contributed by atoms with E-state index >= 15 is 0 Å². The molecule has 3 rings (SSSR count). The minimum Gasteiger partial charge on any atom is -0.325 e. The summed E-state index contributed by atoms with van der Waals surface area (Å²) < 4.78 is 27.4. The molecule has 176 valence electrons. The number of rotatable bonds is 7. The van der Waals surface area contributed by atoms with Crippen LogP contribution in [-0.2, 0) is 21.2 Å². The van der Waals surface area contributed by atoms with E-state index in [1.165, 1.54) is 11.0 Å². The number of urea groups is 1. The number of nitrogens with one attached hydrogen (secondary N) is 2. The monoisotopic (exact) mass is 469 g/mol. The van der Waals surface area contributed by atoms with Crippen LogP contribution in [0.15, 0.2) is 83.8 Å². The summed E-state index contributed by atoms with van der Waals surface area (Å²) in [5.74, 6) is -0.368. The van der Waals surface area contributed by atoms with Crippen LogP contribution in [0.2, 0.25) is 0 Å². The van der Waals surface area contributed by atoms with Crippen molar-refractivity contribution in [2.75, 3.05) is 11.9 Å². The van der Waals surface area contributed by atoms with Gasteiger partial charge in [0.2, 0.25) is 5.91 Å². The molecule has 0 saturated carbocycles. The second kappa shape index (κ2) is 10.3. The minimum absolute atomic E-state index is 0. The molecular formula is C25H31N3O4S. The lowest BCUT2D eigenvalue weighted by atomic mass is 10.0. The van der Waals surface area contributed by atoms with Gasteiger partial charge < -0.3 is 10.2 Å². The van der Waals surface area contributed by atoms with Gasteiger partial charge >= 0.3 is 6.03 Å². The zero-order valence-corrected chi connectivity index (χ0v) is 19.6. The van der Waals surface area contributed by atoms with E-state index in [1.54, 1.807) is 38.2 Å². The van der Waals surface area contributed by atoms with Gasteiger partial charge in [0, 0.05) is 22.0 Å². The normalized spacial score (nSPS) is 12.0. The molecule has 3 aromatic rings. The van der Waals surface area contributed by atoms with Gasteiger partial charge in [-0.2, -0.15) is 0 Å². The molecule has 0 unspecified atom stereocenters. The fourth-order valence-corrected chi connectivity index (χ4v) is 4.63. The van der Waals surface area contributed by atoms with E-state index in [2.05, 4.69) is 5.32 Å². The predicted octanol–water partition coefficient (Wildman–Crippen LogP) is 4.06. The Morgan fingerprint density at radius 2 is 1.61 bits per heavy atom. The number of amides is 3. The third-order valence-electron chi connectivity index (χ3n) is 5.22. The van der Waals surface area contributed by atoms with Crippen molar-refractivity contribution in [3.05, 3.63) is 95.6 Å². The summed E-state index contributed by atoms with van der Waals surface area (Å²) in [7, 11) is -2.48. The van der Waals surface area contributed by atoms with Gasteiger partial charge in [-0.1, -0.05) is 60.7 Å². The number of aryl methyl sites for hydroxylation is 2. The molecule has 0 saturated heterocycles. The summed E-state index contributed by atoms with van der Waals surface area (Å²) in [6, 6.07) is 21.1. The Bertz CT molecular complexity index is 1250. The Hall–Kier alpha value is -3.65. The van der Waals surface area contributed by atoms with Crippen molar-refractivity contribution in [1.82, 2.24) is 10.0 Å². The first-order valence-corrected chi connectivity index (χ1v) is 11.9. The third kappa shape index (κ3) is 6.20. The molecule has 0 spiro atoms. The molecule has 2 N–H and O–H groups in total. The Morgan fingerprint density at radius 3 is 2.27 bits per heavy atom. The minimum atomic E-state index is -4.10. The number of hydrogen-bond donors (Lipinski definition) is 2. The molecule has 8 heteroatoms. The van der Waals surface area contributed by atoms with Gasteiger partial charge in [0.25, 0.3) is 10.0 Å². The molecule has 33 heavy (non-hydrogen) atoms. The molecule has 3 aromatic carbocycles. The van der Waals surface area contributed by atoms with Gasteiger partial charge in [-0.3, -0.25) is 4.79 Å². The number of hydrogen-bond acceptors (Lipinski definition) is 4. The first-order valence-electron chi connectivity index (χ1n) is 10.4. The largest absolute Gasteiger partial charge is 0.329 e. The fraction of sp³-hybridized carbons (Fsp3) is 0.200. The van der Waals surface area contributed by atoms with Crippen molar-refractivity contribution in [3.8, 4) is 0 Å². The number of carbonyl (C=O) groups excluding carboxylic acids is 2. The second-order valence-electron chi connectivity index (χ2n) is 7.82. The number of likely N-dealkylation sites (N-methyl/N-ethyl adjacent to an activating group) is 1. The molecule has 1 atom stereocenters. The second-order valence-corrected chi connectivity index (χ2v) is 9.47. The van der Waals surface area contributed by atoms with Gasteiger partial charge in [0.05, 0.1) is 4.90 Å². The van der Waals surface area contributed by atoms with Crippen LogP contribution in [-0.4, -0.2) is 33.4 Å². The molecule has 0 aromatic heterocycles.